The number of hydrogen-bond acceptors (Lipinski definition) is 3. The maximum absolute atomic E-state index is 12.8. The van der Waals surface area contributed by atoms with Crippen molar-refractivity contribution in [2.45, 2.75) is 57.9 Å². The fraction of sp³-hybridized carbons (Fsp3) is 0.387. The molecular formula is C31H35F3N2O2. The van der Waals surface area contributed by atoms with Crippen molar-refractivity contribution in [3.63, 3.8) is 0 Å². The highest BCUT2D eigenvalue weighted by atomic mass is 19.4. The third-order valence-corrected chi connectivity index (χ3v) is 7.08. The zero-order chi connectivity index (χ0) is 27.0. The molecule has 38 heavy (non-hydrogen) atoms. The van der Waals surface area contributed by atoms with E-state index in [4.69, 9.17) is 0 Å². The number of hydrogen-bond donors (Lipinski definition) is 1. The van der Waals surface area contributed by atoms with Crippen LogP contribution < -0.4 is 10.1 Å². The molecule has 1 aliphatic rings. The Morgan fingerprint density at radius 1 is 0.947 bits per heavy atom. The molecule has 0 radical (unpaired) electrons. The van der Waals surface area contributed by atoms with E-state index in [1.807, 2.05) is 60.7 Å². The molecule has 0 aromatic heterocycles. The SMILES string of the molecule is CCCN(CCCCNC(=O)c1ccc(-c2ccccc2)cc1)[C@@H]1CCc2c(cccc2OC(F)(F)F)C1. The third kappa shape index (κ3) is 7.60. The number of nitrogens with one attached hydrogen (secondary N) is 1. The highest BCUT2D eigenvalue weighted by Gasteiger charge is 2.34. The molecule has 3 aromatic carbocycles. The second-order valence-electron chi connectivity index (χ2n) is 9.78. The molecule has 0 bridgehead atoms. The predicted molar refractivity (Wildman–Crippen MR) is 144 cm³/mol. The summed E-state index contributed by atoms with van der Waals surface area (Å²) in [5, 5.41) is 3.02. The van der Waals surface area contributed by atoms with Crippen LogP contribution in [0.3, 0.4) is 0 Å². The van der Waals surface area contributed by atoms with Gasteiger partial charge in [-0.1, -0.05) is 61.5 Å². The lowest BCUT2D eigenvalue weighted by atomic mass is 9.86. The molecule has 7 heteroatoms. The molecule has 0 unspecified atom stereocenters. The molecule has 0 saturated carbocycles. The molecule has 1 N–H and O–H groups in total. The first-order valence-electron chi connectivity index (χ1n) is 13.4. The van der Waals surface area contributed by atoms with Crippen molar-refractivity contribution < 1.29 is 22.7 Å². The number of amides is 1. The number of carbonyl (C=O) groups is 1. The van der Waals surface area contributed by atoms with Crippen molar-refractivity contribution in [2.75, 3.05) is 19.6 Å². The summed E-state index contributed by atoms with van der Waals surface area (Å²) in [4.78, 5) is 15.0. The average Bonchev–Trinajstić information content (AvgIpc) is 2.92. The fourth-order valence-electron chi connectivity index (χ4n) is 5.24. The fourth-order valence-corrected chi connectivity index (χ4v) is 5.24. The van der Waals surface area contributed by atoms with E-state index in [2.05, 4.69) is 21.9 Å². The number of carbonyl (C=O) groups excluding carboxylic acids is 1. The van der Waals surface area contributed by atoms with E-state index in [1.54, 1.807) is 6.07 Å². The van der Waals surface area contributed by atoms with Gasteiger partial charge in [0.25, 0.3) is 5.91 Å². The van der Waals surface area contributed by atoms with Gasteiger partial charge in [-0.25, -0.2) is 0 Å². The highest BCUT2D eigenvalue weighted by Crippen LogP contribution is 2.34. The van der Waals surface area contributed by atoms with Crippen molar-refractivity contribution in [2.24, 2.45) is 0 Å². The van der Waals surface area contributed by atoms with Crippen molar-refractivity contribution in [3.05, 3.63) is 89.5 Å². The Hall–Kier alpha value is -3.32. The molecular weight excluding hydrogens is 489 g/mol. The van der Waals surface area contributed by atoms with Crippen LogP contribution in [0.5, 0.6) is 5.75 Å². The van der Waals surface area contributed by atoms with Crippen molar-refractivity contribution in [1.82, 2.24) is 10.2 Å². The molecule has 3 aromatic rings. The van der Waals surface area contributed by atoms with Crippen LogP contribution in [0.25, 0.3) is 11.1 Å². The van der Waals surface area contributed by atoms with Gasteiger partial charge < -0.3 is 15.0 Å². The van der Waals surface area contributed by atoms with E-state index in [1.165, 1.54) is 6.07 Å². The first-order valence-corrected chi connectivity index (χ1v) is 13.4. The van der Waals surface area contributed by atoms with E-state index in [0.29, 0.717) is 30.1 Å². The Labute approximate surface area is 222 Å². The summed E-state index contributed by atoms with van der Waals surface area (Å²) in [5.41, 5.74) is 4.46. The van der Waals surface area contributed by atoms with Crippen LogP contribution in [0, 0.1) is 0 Å². The Morgan fingerprint density at radius 3 is 2.39 bits per heavy atom. The standard InChI is InChI=1S/C31H35F3N2O2/c1-2-20-36(27-17-18-28-26(22-27)11-8-12-29(28)38-31(32,33)34)21-7-6-19-35-30(37)25-15-13-24(14-16-25)23-9-4-3-5-10-23/h3-5,8-16,27H,2,6-7,17-22H2,1H3,(H,35,37)/t27-/m1/s1. The second-order valence-corrected chi connectivity index (χ2v) is 9.78. The Balaban J connectivity index is 1.24. The van der Waals surface area contributed by atoms with Crippen LogP contribution >= 0.6 is 0 Å². The summed E-state index contributed by atoms with van der Waals surface area (Å²) in [6.45, 7) is 4.58. The Morgan fingerprint density at radius 2 is 1.68 bits per heavy atom. The van der Waals surface area contributed by atoms with Crippen molar-refractivity contribution in [3.8, 4) is 16.9 Å². The first kappa shape index (κ1) is 27.7. The number of halogens is 3. The van der Waals surface area contributed by atoms with Gasteiger partial charge in [-0.15, -0.1) is 13.2 Å². The van der Waals surface area contributed by atoms with Crippen LogP contribution in [0.4, 0.5) is 13.2 Å². The summed E-state index contributed by atoms with van der Waals surface area (Å²) in [6, 6.07) is 23.0. The maximum atomic E-state index is 12.8. The zero-order valence-corrected chi connectivity index (χ0v) is 21.8. The molecule has 0 fully saturated rings. The summed E-state index contributed by atoms with van der Waals surface area (Å²) >= 11 is 0. The number of fused-ring (bicyclic) bond motifs is 1. The lowest BCUT2D eigenvalue weighted by molar-refractivity contribution is -0.274. The summed E-state index contributed by atoms with van der Waals surface area (Å²) in [7, 11) is 0. The van der Waals surface area contributed by atoms with E-state index in [0.717, 1.165) is 61.9 Å². The summed E-state index contributed by atoms with van der Waals surface area (Å²) in [5.74, 6) is -0.142. The minimum absolute atomic E-state index is 0.0686. The zero-order valence-electron chi connectivity index (χ0n) is 21.8. The average molecular weight is 525 g/mol. The molecule has 202 valence electrons. The van der Waals surface area contributed by atoms with Crippen LogP contribution in [-0.2, 0) is 12.8 Å². The van der Waals surface area contributed by atoms with E-state index >= 15 is 0 Å². The van der Waals surface area contributed by atoms with Gasteiger partial charge in [0.15, 0.2) is 0 Å². The monoisotopic (exact) mass is 524 g/mol. The van der Waals surface area contributed by atoms with Crippen LogP contribution in [0.1, 0.15) is 54.1 Å². The number of rotatable bonds is 11. The van der Waals surface area contributed by atoms with E-state index in [-0.39, 0.29) is 11.7 Å². The van der Waals surface area contributed by atoms with Gasteiger partial charge in [-0.05, 0) is 92.1 Å². The smallest absolute Gasteiger partial charge is 0.405 e. The third-order valence-electron chi connectivity index (χ3n) is 7.08. The van der Waals surface area contributed by atoms with E-state index < -0.39 is 6.36 Å². The minimum atomic E-state index is -4.68. The normalized spacial score (nSPS) is 15.2. The summed E-state index contributed by atoms with van der Waals surface area (Å²) < 4.78 is 42.6. The van der Waals surface area contributed by atoms with Crippen molar-refractivity contribution >= 4 is 5.91 Å². The van der Waals surface area contributed by atoms with Gasteiger partial charge in [0.2, 0.25) is 0 Å². The largest absolute Gasteiger partial charge is 0.573 e. The second kappa shape index (κ2) is 13.0. The lowest BCUT2D eigenvalue weighted by Gasteiger charge is -2.35. The molecule has 0 spiro atoms. The molecule has 0 heterocycles. The van der Waals surface area contributed by atoms with Gasteiger partial charge in [0.05, 0.1) is 0 Å². The molecule has 4 nitrogen and oxygen atoms in total. The Bertz CT molecular complexity index is 1180. The molecule has 1 atom stereocenters. The number of nitrogens with zero attached hydrogens (tertiary/aromatic N) is 1. The van der Waals surface area contributed by atoms with Crippen LogP contribution in [0.15, 0.2) is 72.8 Å². The number of alkyl halides is 3. The highest BCUT2D eigenvalue weighted by molar-refractivity contribution is 5.94. The first-order chi connectivity index (χ1) is 18.3. The van der Waals surface area contributed by atoms with Gasteiger partial charge >= 0.3 is 6.36 Å². The maximum Gasteiger partial charge on any atom is 0.573 e. The lowest BCUT2D eigenvalue weighted by Crippen LogP contribution is -2.40. The Kier molecular flexibility index (Phi) is 9.45. The molecule has 0 saturated heterocycles. The number of ether oxygens (including phenoxy) is 1. The van der Waals surface area contributed by atoms with E-state index in [9.17, 15) is 18.0 Å². The molecule has 1 amide bonds. The van der Waals surface area contributed by atoms with Crippen LogP contribution in [-0.4, -0.2) is 42.8 Å². The van der Waals surface area contributed by atoms with Crippen molar-refractivity contribution in [1.29, 1.82) is 0 Å². The number of unbranched alkanes of at least 4 members (excludes halogenated alkanes) is 1. The van der Waals surface area contributed by atoms with Gasteiger partial charge in [0, 0.05) is 18.2 Å². The predicted octanol–water partition coefficient (Wildman–Crippen LogP) is 7.03. The quantitative estimate of drug-likeness (QED) is 0.274. The topological polar surface area (TPSA) is 41.6 Å². The van der Waals surface area contributed by atoms with Crippen LogP contribution in [0.2, 0.25) is 0 Å². The minimum Gasteiger partial charge on any atom is -0.405 e. The van der Waals surface area contributed by atoms with Gasteiger partial charge in [-0.2, -0.15) is 0 Å². The number of benzene rings is 3. The van der Waals surface area contributed by atoms with Gasteiger partial charge in [0.1, 0.15) is 5.75 Å². The summed E-state index contributed by atoms with van der Waals surface area (Å²) in [6.07, 6.45) is 0.235. The van der Waals surface area contributed by atoms with Gasteiger partial charge in [-0.3, -0.25) is 4.79 Å². The molecule has 1 aliphatic carbocycles. The molecule has 4 rings (SSSR count). The molecule has 0 aliphatic heterocycles.